The zero-order valence-corrected chi connectivity index (χ0v) is 14.8. The molecule has 0 unspecified atom stereocenters. The average molecular weight is 352 g/mol. The van der Waals surface area contributed by atoms with E-state index in [4.69, 9.17) is 9.31 Å². The Morgan fingerprint density at radius 2 is 1.64 bits per heavy atom. The van der Waals surface area contributed by atoms with Gasteiger partial charge in [-0.1, -0.05) is 6.07 Å². The fourth-order valence-corrected chi connectivity index (χ4v) is 2.66. The van der Waals surface area contributed by atoms with Crippen LogP contribution >= 0.6 is 0 Å². The van der Waals surface area contributed by atoms with Gasteiger partial charge in [0, 0.05) is 6.20 Å². The Labute approximate surface area is 145 Å². The minimum absolute atomic E-state index is 0.0270. The van der Waals surface area contributed by atoms with Crippen LogP contribution in [0.15, 0.2) is 30.5 Å². The summed E-state index contributed by atoms with van der Waals surface area (Å²) in [5, 5.41) is 4.08. The van der Waals surface area contributed by atoms with Crippen LogP contribution in [0.4, 0.5) is 13.2 Å². The Balaban J connectivity index is 2.04. The molecule has 4 nitrogen and oxygen atoms in total. The van der Waals surface area contributed by atoms with Crippen molar-refractivity contribution in [3.05, 3.63) is 41.7 Å². The highest BCUT2D eigenvalue weighted by atomic mass is 19.4. The van der Waals surface area contributed by atoms with Gasteiger partial charge in [0.15, 0.2) is 0 Å². The Hall–Kier alpha value is -1.80. The lowest BCUT2D eigenvalue weighted by Gasteiger charge is -2.32. The van der Waals surface area contributed by atoms with Crippen LogP contribution in [0.3, 0.4) is 0 Å². The van der Waals surface area contributed by atoms with Crippen molar-refractivity contribution < 1.29 is 22.5 Å². The molecule has 0 radical (unpaired) electrons. The van der Waals surface area contributed by atoms with Crippen molar-refractivity contribution >= 4 is 12.6 Å². The molecule has 0 amide bonds. The fourth-order valence-electron chi connectivity index (χ4n) is 2.66. The van der Waals surface area contributed by atoms with Crippen LogP contribution in [0.25, 0.3) is 5.69 Å². The molecule has 25 heavy (non-hydrogen) atoms. The average Bonchev–Trinajstić information content (AvgIpc) is 2.99. The standard InChI is InChI=1S/C17H20BF3N2O2/c1-11-8-9-23(22-11)14-7-6-12(10-13(14)17(19,20)21)18-24-15(2,3)16(4,5)25-18/h6-10H,1-5H3. The van der Waals surface area contributed by atoms with Gasteiger partial charge in [0.2, 0.25) is 0 Å². The van der Waals surface area contributed by atoms with E-state index in [-0.39, 0.29) is 5.69 Å². The van der Waals surface area contributed by atoms with Crippen molar-refractivity contribution in [1.29, 1.82) is 0 Å². The first-order valence-electron chi connectivity index (χ1n) is 8.00. The van der Waals surface area contributed by atoms with Gasteiger partial charge in [0.25, 0.3) is 0 Å². The number of aromatic nitrogens is 2. The molecule has 3 rings (SSSR count). The molecule has 1 aliphatic rings. The molecule has 0 spiro atoms. The van der Waals surface area contributed by atoms with Crippen molar-refractivity contribution in [2.24, 2.45) is 0 Å². The highest BCUT2D eigenvalue weighted by Crippen LogP contribution is 2.38. The highest BCUT2D eigenvalue weighted by Gasteiger charge is 2.52. The Morgan fingerprint density at radius 3 is 2.12 bits per heavy atom. The van der Waals surface area contributed by atoms with Gasteiger partial charge in [-0.3, -0.25) is 0 Å². The lowest BCUT2D eigenvalue weighted by atomic mass is 9.78. The quantitative estimate of drug-likeness (QED) is 0.777. The summed E-state index contributed by atoms with van der Waals surface area (Å²) in [5.74, 6) is 0. The number of benzene rings is 1. The first-order chi connectivity index (χ1) is 11.4. The Kier molecular flexibility index (Phi) is 4.04. The van der Waals surface area contributed by atoms with E-state index in [1.165, 1.54) is 16.9 Å². The number of rotatable bonds is 2. The number of aryl methyl sites for hydroxylation is 1. The summed E-state index contributed by atoms with van der Waals surface area (Å²) in [4.78, 5) is 0. The molecule has 1 aliphatic heterocycles. The molecule has 2 aromatic rings. The maximum Gasteiger partial charge on any atom is 0.494 e. The van der Waals surface area contributed by atoms with Gasteiger partial charge in [-0.05, 0) is 58.3 Å². The summed E-state index contributed by atoms with van der Waals surface area (Å²) >= 11 is 0. The molecule has 0 N–H and O–H groups in total. The van der Waals surface area contributed by atoms with E-state index in [2.05, 4.69) is 5.10 Å². The molecule has 2 heterocycles. The number of nitrogens with zero attached hydrogens (tertiary/aromatic N) is 2. The molecular formula is C17H20BF3N2O2. The Bertz CT molecular complexity index is 783. The van der Waals surface area contributed by atoms with Crippen LogP contribution in [0.2, 0.25) is 0 Å². The molecule has 8 heteroatoms. The maximum absolute atomic E-state index is 13.6. The van der Waals surface area contributed by atoms with Crippen molar-refractivity contribution in [3.8, 4) is 5.69 Å². The van der Waals surface area contributed by atoms with Crippen LogP contribution in [-0.2, 0) is 15.5 Å². The minimum Gasteiger partial charge on any atom is -0.399 e. The van der Waals surface area contributed by atoms with Crippen LogP contribution in [-0.4, -0.2) is 28.1 Å². The molecular weight excluding hydrogens is 332 g/mol. The molecule has 1 aromatic carbocycles. The Morgan fingerprint density at radius 1 is 1.04 bits per heavy atom. The van der Waals surface area contributed by atoms with Gasteiger partial charge in [-0.15, -0.1) is 0 Å². The van der Waals surface area contributed by atoms with E-state index in [1.54, 1.807) is 19.1 Å². The number of halogens is 3. The van der Waals surface area contributed by atoms with Gasteiger partial charge in [0.1, 0.15) is 0 Å². The molecule has 1 fully saturated rings. The third kappa shape index (κ3) is 3.20. The van der Waals surface area contributed by atoms with Crippen molar-refractivity contribution in [3.63, 3.8) is 0 Å². The summed E-state index contributed by atoms with van der Waals surface area (Å²) in [6, 6.07) is 5.72. The number of hydrogen-bond acceptors (Lipinski definition) is 3. The van der Waals surface area contributed by atoms with E-state index in [1.807, 2.05) is 27.7 Å². The van der Waals surface area contributed by atoms with Crippen molar-refractivity contribution in [2.75, 3.05) is 0 Å². The zero-order chi connectivity index (χ0) is 18.6. The predicted octanol–water partition coefficient (Wildman–Crippen LogP) is 3.50. The molecule has 1 saturated heterocycles. The van der Waals surface area contributed by atoms with Crippen LogP contribution in [0.1, 0.15) is 39.0 Å². The summed E-state index contributed by atoms with van der Waals surface area (Å²) in [7, 11) is -0.848. The molecule has 0 bridgehead atoms. The lowest BCUT2D eigenvalue weighted by Crippen LogP contribution is -2.41. The summed E-state index contributed by atoms with van der Waals surface area (Å²) in [6.07, 6.45) is -3.01. The molecule has 0 saturated carbocycles. The molecule has 0 atom stereocenters. The van der Waals surface area contributed by atoms with E-state index < -0.39 is 30.1 Å². The third-order valence-electron chi connectivity index (χ3n) is 4.82. The monoisotopic (exact) mass is 352 g/mol. The first kappa shape index (κ1) is 18.0. The van der Waals surface area contributed by atoms with Gasteiger partial charge < -0.3 is 9.31 Å². The summed E-state index contributed by atoms with van der Waals surface area (Å²) in [5.41, 5.74) is -1.06. The normalized spacial score (nSPS) is 19.4. The minimum atomic E-state index is -4.52. The summed E-state index contributed by atoms with van der Waals surface area (Å²) in [6.45, 7) is 9.16. The topological polar surface area (TPSA) is 36.3 Å². The van der Waals surface area contributed by atoms with Crippen LogP contribution in [0.5, 0.6) is 0 Å². The van der Waals surface area contributed by atoms with E-state index in [0.717, 1.165) is 6.07 Å². The highest BCUT2D eigenvalue weighted by molar-refractivity contribution is 6.62. The fraction of sp³-hybridized carbons (Fsp3) is 0.471. The van der Waals surface area contributed by atoms with Crippen molar-refractivity contribution in [1.82, 2.24) is 9.78 Å². The number of alkyl halides is 3. The van der Waals surface area contributed by atoms with Crippen LogP contribution in [0, 0.1) is 6.92 Å². The lowest BCUT2D eigenvalue weighted by molar-refractivity contribution is -0.137. The van der Waals surface area contributed by atoms with E-state index in [9.17, 15) is 13.2 Å². The second-order valence-electron chi connectivity index (χ2n) is 7.26. The van der Waals surface area contributed by atoms with Gasteiger partial charge >= 0.3 is 13.3 Å². The molecule has 0 aliphatic carbocycles. The van der Waals surface area contributed by atoms with E-state index in [0.29, 0.717) is 11.2 Å². The van der Waals surface area contributed by atoms with Gasteiger partial charge in [-0.2, -0.15) is 18.3 Å². The largest absolute Gasteiger partial charge is 0.494 e. The predicted molar refractivity (Wildman–Crippen MR) is 89.0 cm³/mol. The van der Waals surface area contributed by atoms with Gasteiger partial charge in [0.05, 0.1) is 28.1 Å². The first-order valence-corrected chi connectivity index (χ1v) is 8.00. The molecule has 1 aromatic heterocycles. The smallest absolute Gasteiger partial charge is 0.399 e. The van der Waals surface area contributed by atoms with Crippen molar-refractivity contribution in [2.45, 2.75) is 52.0 Å². The third-order valence-corrected chi connectivity index (χ3v) is 4.82. The van der Waals surface area contributed by atoms with Crippen LogP contribution < -0.4 is 5.46 Å². The summed E-state index contributed by atoms with van der Waals surface area (Å²) < 4.78 is 53.7. The molecule has 134 valence electrons. The zero-order valence-electron chi connectivity index (χ0n) is 14.8. The second kappa shape index (κ2) is 5.61. The van der Waals surface area contributed by atoms with Gasteiger partial charge in [-0.25, -0.2) is 4.68 Å². The maximum atomic E-state index is 13.6. The number of hydrogen-bond donors (Lipinski definition) is 0. The van der Waals surface area contributed by atoms with E-state index >= 15 is 0 Å². The second-order valence-corrected chi connectivity index (χ2v) is 7.26. The SMILES string of the molecule is Cc1ccn(-c2ccc(B3OC(C)(C)C(C)(C)O3)cc2C(F)(F)F)n1.